The zero-order valence-corrected chi connectivity index (χ0v) is 13.1. The van der Waals surface area contributed by atoms with Crippen molar-refractivity contribution < 1.29 is 14.7 Å². The highest BCUT2D eigenvalue weighted by molar-refractivity contribution is 6.05. The minimum atomic E-state index is -1.12. The van der Waals surface area contributed by atoms with Gasteiger partial charge in [0, 0.05) is 13.1 Å². The molecule has 0 atom stereocenters. The zero-order chi connectivity index (χ0) is 15.9. The number of benzene rings is 1. The Bertz CT molecular complexity index is 651. The number of aryl methyl sites for hydroxylation is 2. The number of carbonyl (C=O) groups excluding carboxylic acids is 1. The van der Waals surface area contributed by atoms with Crippen molar-refractivity contribution in [2.75, 3.05) is 13.1 Å². The quantitative estimate of drug-likeness (QED) is 0.873. The first-order valence-corrected chi connectivity index (χ1v) is 7.73. The van der Waals surface area contributed by atoms with Gasteiger partial charge in [0.2, 0.25) is 5.91 Å². The predicted octanol–water partition coefficient (Wildman–Crippen LogP) is 2.78. The van der Waals surface area contributed by atoms with Crippen LogP contribution in [0.1, 0.15) is 36.0 Å². The maximum absolute atomic E-state index is 12.4. The molecule has 3 rings (SSSR count). The molecular weight excluding hydrogens is 278 g/mol. The Kier molecular flexibility index (Phi) is 3.55. The number of hydrogen-bond donors (Lipinski definition) is 1. The summed E-state index contributed by atoms with van der Waals surface area (Å²) in [5.74, 6) is -1.18. The zero-order valence-electron chi connectivity index (χ0n) is 13.1. The van der Waals surface area contributed by atoms with E-state index in [1.54, 1.807) is 4.90 Å². The van der Waals surface area contributed by atoms with Crippen LogP contribution in [-0.4, -0.2) is 35.0 Å². The van der Waals surface area contributed by atoms with Crippen LogP contribution in [0.15, 0.2) is 24.3 Å². The highest BCUT2D eigenvalue weighted by atomic mass is 16.4. The maximum Gasteiger partial charge on any atom is 0.319 e. The van der Waals surface area contributed by atoms with Crippen LogP contribution < -0.4 is 0 Å². The van der Waals surface area contributed by atoms with Gasteiger partial charge in [0.1, 0.15) is 5.41 Å². The first kappa shape index (κ1) is 14.8. The van der Waals surface area contributed by atoms with E-state index in [1.807, 2.05) is 0 Å². The van der Waals surface area contributed by atoms with Crippen LogP contribution in [-0.2, 0) is 9.59 Å². The van der Waals surface area contributed by atoms with E-state index in [4.69, 9.17) is 0 Å². The summed E-state index contributed by atoms with van der Waals surface area (Å²) in [4.78, 5) is 25.3. The van der Waals surface area contributed by atoms with E-state index in [2.05, 4.69) is 38.1 Å². The lowest BCUT2D eigenvalue weighted by Crippen LogP contribution is -2.42. The molecule has 1 N–H and O–H groups in total. The van der Waals surface area contributed by atoms with Crippen molar-refractivity contribution in [3.8, 4) is 0 Å². The Morgan fingerprint density at radius 2 is 1.77 bits per heavy atom. The van der Waals surface area contributed by atoms with Gasteiger partial charge in [0.05, 0.1) is 0 Å². The van der Waals surface area contributed by atoms with Crippen molar-refractivity contribution in [3.63, 3.8) is 0 Å². The van der Waals surface area contributed by atoms with Gasteiger partial charge in [-0.2, -0.15) is 0 Å². The molecule has 0 unspecified atom stereocenters. The summed E-state index contributed by atoms with van der Waals surface area (Å²) in [5, 5.41) is 9.23. The fourth-order valence-electron chi connectivity index (χ4n) is 3.22. The molecule has 1 fully saturated rings. The van der Waals surface area contributed by atoms with Crippen molar-refractivity contribution in [1.29, 1.82) is 0 Å². The van der Waals surface area contributed by atoms with E-state index in [1.165, 1.54) is 22.3 Å². The molecule has 0 saturated heterocycles. The summed E-state index contributed by atoms with van der Waals surface area (Å²) < 4.78 is 0. The van der Waals surface area contributed by atoms with Crippen LogP contribution in [0.25, 0.3) is 5.57 Å². The average Bonchev–Trinajstić information content (AvgIpc) is 3.27. The van der Waals surface area contributed by atoms with Crippen molar-refractivity contribution in [1.82, 2.24) is 4.90 Å². The molecule has 0 radical (unpaired) electrons. The fraction of sp³-hybridized carbons (Fsp3) is 0.444. The van der Waals surface area contributed by atoms with Crippen molar-refractivity contribution in [2.45, 2.75) is 33.1 Å². The van der Waals surface area contributed by atoms with Crippen LogP contribution >= 0.6 is 0 Å². The molecule has 0 aromatic heterocycles. The predicted molar refractivity (Wildman–Crippen MR) is 84.4 cm³/mol. The number of hydrogen-bond acceptors (Lipinski definition) is 2. The van der Waals surface area contributed by atoms with Crippen molar-refractivity contribution in [2.24, 2.45) is 5.41 Å². The van der Waals surface area contributed by atoms with Gasteiger partial charge in [0.15, 0.2) is 0 Å². The highest BCUT2D eigenvalue weighted by Crippen LogP contribution is 2.47. The number of carbonyl (C=O) groups is 2. The van der Waals surface area contributed by atoms with Crippen LogP contribution in [0.4, 0.5) is 0 Å². The van der Waals surface area contributed by atoms with Gasteiger partial charge < -0.3 is 10.0 Å². The van der Waals surface area contributed by atoms with Crippen molar-refractivity contribution in [3.05, 3.63) is 41.0 Å². The number of amides is 1. The summed E-state index contributed by atoms with van der Waals surface area (Å²) >= 11 is 0. The molecule has 4 heteroatoms. The van der Waals surface area contributed by atoms with Gasteiger partial charge in [-0.05, 0) is 44.2 Å². The van der Waals surface area contributed by atoms with Crippen LogP contribution in [0.3, 0.4) is 0 Å². The number of aliphatic carboxylic acids is 1. The van der Waals surface area contributed by atoms with E-state index >= 15 is 0 Å². The van der Waals surface area contributed by atoms with Crippen LogP contribution in [0, 0.1) is 19.3 Å². The first-order valence-electron chi connectivity index (χ1n) is 7.73. The van der Waals surface area contributed by atoms with E-state index in [0.29, 0.717) is 25.9 Å². The molecular formula is C18H21NO3. The lowest BCUT2D eigenvalue weighted by Gasteiger charge is -2.29. The third kappa shape index (κ3) is 2.54. The summed E-state index contributed by atoms with van der Waals surface area (Å²) in [5.41, 5.74) is 3.81. The second-order valence-corrected chi connectivity index (χ2v) is 6.49. The normalized spacial score (nSPS) is 19.5. The molecule has 1 aliphatic heterocycles. The molecule has 1 aliphatic carbocycles. The minimum Gasteiger partial charge on any atom is -0.480 e. The van der Waals surface area contributed by atoms with Gasteiger partial charge >= 0.3 is 5.97 Å². The lowest BCUT2D eigenvalue weighted by molar-refractivity contribution is -0.153. The Hall–Kier alpha value is -2.10. The van der Waals surface area contributed by atoms with E-state index < -0.39 is 11.4 Å². The standard InChI is InChI=1S/C18H21NO3/c1-12-9-13(2)11-15(10-12)14-3-7-19(8-4-14)16(20)18(5-6-18)17(21)22/h3,9-11H,4-8H2,1-2H3,(H,21,22). The second kappa shape index (κ2) is 5.27. The Labute approximate surface area is 130 Å². The SMILES string of the molecule is Cc1cc(C)cc(C2=CCN(C(=O)C3(C(=O)O)CC3)CC2)c1. The van der Waals surface area contributed by atoms with Gasteiger partial charge in [-0.3, -0.25) is 9.59 Å². The molecule has 1 saturated carbocycles. The van der Waals surface area contributed by atoms with Crippen molar-refractivity contribution >= 4 is 17.4 Å². The Morgan fingerprint density at radius 3 is 2.23 bits per heavy atom. The molecule has 2 aliphatic rings. The number of carboxylic acids is 1. The second-order valence-electron chi connectivity index (χ2n) is 6.49. The number of rotatable bonds is 3. The minimum absolute atomic E-state index is 0.212. The Balaban J connectivity index is 1.75. The highest BCUT2D eigenvalue weighted by Gasteiger charge is 2.58. The summed E-state index contributed by atoms with van der Waals surface area (Å²) in [6.45, 7) is 5.28. The van der Waals surface area contributed by atoms with Crippen LogP contribution in [0.2, 0.25) is 0 Å². The van der Waals surface area contributed by atoms with Gasteiger partial charge in [-0.1, -0.05) is 35.4 Å². The van der Waals surface area contributed by atoms with Gasteiger partial charge in [0.25, 0.3) is 0 Å². The van der Waals surface area contributed by atoms with E-state index in [0.717, 1.165) is 6.42 Å². The number of carboxylic acid groups (broad SMARTS) is 1. The lowest BCUT2D eigenvalue weighted by atomic mass is 9.95. The fourth-order valence-corrected chi connectivity index (χ4v) is 3.22. The summed E-state index contributed by atoms with van der Waals surface area (Å²) in [6.07, 6.45) is 3.80. The molecule has 1 aromatic carbocycles. The molecule has 1 heterocycles. The molecule has 1 amide bonds. The van der Waals surface area contributed by atoms with E-state index in [9.17, 15) is 14.7 Å². The molecule has 116 valence electrons. The molecule has 4 nitrogen and oxygen atoms in total. The largest absolute Gasteiger partial charge is 0.480 e. The molecule has 0 spiro atoms. The third-order valence-corrected chi connectivity index (χ3v) is 4.66. The van der Waals surface area contributed by atoms with Gasteiger partial charge in [-0.15, -0.1) is 0 Å². The first-order chi connectivity index (χ1) is 10.4. The molecule has 0 bridgehead atoms. The number of nitrogens with zero attached hydrogens (tertiary/aromatic N) is 1. The Morgan fingerprint density at radius 1 is 1.14 bits per heavy atom. The summed E-state index contributed by atoms with van der Waals surface area (Å²) in [6, 6.07) is 6.47. The molecule has 1 aromatic rings. The third-order valence-electron chi connectivity index (χ3n) is 4.66. The average molecular weight is 299 g/mol. The maximum atomic E-state index is 12.4. The van der Waals surface area contributed by atoms with Crippen LogP contribution in [0.5, 0.6) is 0 Å². The van der Waals surface area contributed by atoms with Gasteiger partial charge in [-0.25, -0.2) is 0 Å². The summed E-state index contributed by atoms with van der Waals surface area (Å²) in [7, 11) is 0. The molecule has 22 heavy (non-hydrogen) atoms. The van der Waals surface area contributed by atoms with E-state index in [-0.39, 0.29) is 5.91 Å². The topological polar surface area (TPSA) is 57.6 Å². The monoisotopic (exact) mass is 299 g/mol. The smallest absolute Gasteiger partial charge is 0.319 e.